The Morgan fingerprint density at radius 3 is 2.45 bits per heavy atom. The van der Waals surface area contributed by atoms with E-state index < -0.39 is 28.5 Å². The van der Waals surface area contributed by atoms with Crippen molar-refractivity contribution in [1.82, 2.24) is 0 Å². The summed E-state index contributed by atoms with van der Waals surface area (Å²) in [7, 11) is 0. The monoisotopic (exact) mass is 306 g/mol. The lowest BCUT2D eigenvalue weighted by molar-refractivity contribution is -0.149. The normalized spacial score (nSPS) is 38.9. The number of aliphatic hydroxyl groups excluding tert-OH is 1. The number of hydrogen-bond donors (Lipinski definition) is 2. The van der Waals surface area contributed by atoms with Gasteiger partial charge in [-0.3, -0.25) is 9.59 Å². The van der Waals surface area contributed by atoms with Crippen molar-refractivity contribution in [2.24, 2.45) is 10.8 Å². The van der Waals surface area contributed by atoms with Crippen LogP contribution in [0.25, 0.3) is 0 Å². The van der Waals surface area contributed by atoms with Gasteiger partial charge >= 0.3 is 5.97 Å². The quantitative estimate of drug-likeness (QED) is 0.751. The van der Waals surface area contributed by atoms with E-state index in [0.717, 1.165) is 18.4 Å². The van der Waals surface area contributed by atoms with Gasteiger partial charge in [0, 0.05) is 23.5 Å². The number of ether oxygens (including phenoxy) is 1. The molecule has 1 fully saturated rings. The van der Waals surface area contributed by atoms with Gasteiger partial charge in [0.15, 0.2) is 5.78 Å². The number of carbonyl (C=O) groups is 2. The fourth-order valence-corrected chi connectivity index (χ4v) is 4.12. The molecule has 0 radical (unpaired) electrons. The average molecular weight is 306 g/mol. The zero-order valence-electron chi connectivity index (χ0n) is 13.4. The molecule has 0 aromatic rings. The third-order valence-corrected chi connectivity index (χ3v) is 5.74. The van der Waals surface area contributed by atoms with Gasteiger partial charge in [-0.25, -0.2) is 0 Å². The Morgan fingerprint density at radius 2 is 2.00 bits per heavy atom. The van der Waals surface area contributed by atoms with Gasteiger partial charge in [-0.2, -0.15) is 0 Å². The summed E-state index contributed by atoms with van der Waals surface area (Å²) in [4.78, 5) is 24.3. The summed E-state index contributed by atoms with van der Waals surface area (Å²) in [6.45, 7) is 6.30. The third-order valence-electron chi connectivity index (χ3n) is 5.74. The number of hydrogen-bond acceptors (Lipinski definition) is 5. The van der Waals surface area contributed by atoms with E-state index in [4.69, 9.17) is 4.74 Å². The minimum absolute atomic E-state index is 0.242. The zero-order valence-corrected chi connectivity index (χ0v) is 13.4. The number of aliphatic hydroxyl groups is 2. The van der Waals surface area contributed by atoms with E-state index in [9.17, 15) is 19.8 Å². The predicted molar refractivity (Wildman–Crippen MR) is 78.8 cm³/mol. The second-order valence-corrected chi connectivity index (χ2v) is 7.23. The largest absolute Gasteiger partial charge is 0.457 e. The Bertz CT molecular complexity index is 635. The fraction of sp³-hybridized carbons (Fsp3) is 0.647. The Morgan fingerprint density at radius 1 is 1.41 bits per heavy atom. The molecule has 3 atom stereocenters. The highest BCUT2D eigenvalue weighted by atomic mass is 16.5. The molecule has 0 heterocycles. The minimum Gasteiger partial charge on any atom is -0.457 e. The van der Waals surface area contributed by atoms with E-state index >= 15 is 0 Å². The fourth-order valence-electron chi connectivity index (χ4n) is 4.12. The number of rotatable bonds is 2. The summed E-state index contributed by atoms with van der Waals surface area (Å²) in [6.07, 6.45) is 2.47. The first-order valence-electron chi connectivity index (χ1n) is 7.60. The molecule has 22 heavy (non-hydrogen) atoms. The van der Waals surface area contributed by atoms with Crippen LogP contribution in [0.5, 0.6) is 0 Å². The van der Waals surface area contributed by atoms with Crippen molar-refractivity contribution in [3.63, 3.8) is 0 Å². The smallest absolute Gasteiger partial charge is 0.303 e. The number of esters is 1. The lowest BCUT2D eigenvalue weighted by atomic mass is 9.67. The second kappa shape index (κ2) is 4.30. The number of ketones is 1. The van der Waals surface area contributed by atoms with Crippen molar-refractivity contribution in [2.75, 3.05) is 6.61 Å². The van der Waals surface area contributed by atoms with Crippen LogP contribution in [0.3, 0.4) is 0 Å². The molecule has 0 amide bonds. The molecule has 1 spiro atoms. The van der Waals surface area contributed by atoms with Crippen LogP contribution in [0.4, 0.5) is 0 Å². The molecular weight excluding hydrogens is 284 g/mol. The molecule has 0 aliphatic heterocycles. The van der Waals surface area contributed by atoms with E-state index in [-0.39, 0.29) is 12.4 Å². The minimum atomic E-state index is -1.44. The Balaban J connectivity index is 2.22. The average Bonchev–Trinajstić information content (AvgIpc) is 3.19. The summed E-state index contributed by atoms with van der Waals surface area (Å²) in [5, 5.41) is 20.5. The predicted octanol–water partition coefficient (Wildman–Crippen LogP) is 1.29. The molecular formula is C17H22O5. The lowest BCUT2D eigenvalue weighted by Gasteiger charge is -2.40. The molecule has 5 heteroatoms. The van der Waals surface area contributed by atoms with Crippen LogP contribution < -0.4 is 0 Å². The Kier molecular flexibility index (Phi) is 3.01. The third kappa shape index (κ3) is 1.66. The van der Waals surface area contributed by atoms with Gasteiger partial charge in [-0.1, -0.05) is 11.6 Å². The zero-order chi connectivity index (χ0) is 16.5. The topological polar surface area (TPSA) is 83.8 Å². The molecule has 0 bridgehead atoms. The number of carbonyl (C=O) groups excluding carboxylic acids is 2. The van der Waals surface area contributed by atoms with Crippen LogP contribution in [0.1, 0.15) is 40.5 Å². The van der Waals surface area contributed by atoms with Crippen molar-refractivity contribution in [1.29, 1.82) is 0 Å². The van der Waals surface area contributed by atoms with Crippen LogP contribution in [0.15, 0.2) is 22.8 Å². The highest BCUT2D eigenvalue weighted by molar-refractivity contribution is 6.09. The first kappa shape index (κ1) is 15.4. The van der Waals surface area contributed by atoms with Crippen molar-refractivity contribution in [2.45, 2.75) is 52.2 Å². The molecule has 1 saturated carbocycles. The van der Waals surface area contributed by atoms with Crippen LogP contribution in [0, 0.1) is 10.8 Å². The molecule has 3 aliphatic carbocycles. The van der Waals surface area contributed by atoms with Crippen LogP contribution >= 0.6 is 0 Å². The first-order valence-corrected chi connectivity index (χ1v) is 7.60. The van der Waals surface area contributed by atoms with Gasteiger partial charge in [0.1, 0.15) is 11.7 Å². The van der Waals surface area contributed by atoms with E-state index in [1.807, 2.05) is 6.92 Å². The molecule has 0 aromatic heterocycles. The number of Topliss-reactive ketones (excluding diaryl/α,β-unsaturated/α-hetero) is 1. The van der Waals surface area contributed by atoms with Gasteiger partial charge in [0.2, 0.25) is 0 Å². The van der Waals surface area contributed by atoms with E-state index in [0.29, 0.717) is 11.1 Å². The molecule has 0 aromatic carbocycles. The van der Waals surface area contributed by atoms with E-state index in [2.05, 4.69) is 0 Å². The van der Waals surface area contributed by atoms with Gasteiger partial charge in [-0.15, -0.1) is 0 Å². The maximum Gasteiger partial charge on any atom is 0.303 e. The van der Waals surface area contributed by atoms with E-state index in [1.54, 1.807) is 19.9 Å². The van der Waals surface area contributed by atoms with Gasteiger partial charge in [0.25, 0.3) is 0 Å². The van der Waals surface area contributed by atoms with Crippen LogP contribution in [-0.4, -0.2) is 40.3 Å². The van der Waals surface area contributed by atoms with Crippen molar-refractivity contribution < 1.29 is 24.5 Å². The Labute approximate surface area is 129 Å². The maximum atomic E-state index is 12.8. The molecule has 3 rings (SSSR count). The van der Waals surface area contributed by atoms with Gasteiger partial charge in [-0.05, 0) is 33.6 Å². The molecule has 0 unspecified atom stereocenters. The molecule has 2 N–H and O–H groups in total. The highest BCUT2D eigenvalue weighted by Gasteiger charge is 2.67. The summed E-state index contributed by atoms with van der Waals surface area (Å²) in [5.41, 5.74) is -0.844. The molecule has 120 valence electrons. The number of fused-ring (bicyclic) bond motifs is 1. The van der Waals surface area contributed by atoms with Crippen LogP contribution in [0.2, 0.25) is 0 Å². The summed E-state index contributed by atoms with van der Waals surface area (Å²) in [5.74, 6) is -0.783. The maximum absolute atomic E-state index is 12.8. The van der Waals surface area contributed by atoms with Gasteiger partial charge in [0.05, 0.1) is 12.0 Å². The molecule has 3 aliphatic rings. The highest BCUT2D eigenvalue weighted by Crippen LogP contribution is 2.65. The van der Waals surface area contributed by atoms with Crippen molar-refractivity contribution in [3.05, 3.63) is 22.8 Å². The van der Waals surface area contributed by atoms with Gasteiger partial charge < -0.3 is 14.9 Å². The van der Waals surface area contributed by atoms with Crippen molar-refractivity contribution in [3.8, 4) is 0 Å². The molecule has 5 nitrogen and oxygen atoms in total. The van der Waals surface area contributed by atoms with E-state index in [1.165, 1.54) is 6.92 Å². The SMILES string of the molecule is CC(=O)O[C@@H]1C2=C(C)C3(CC3)[C@@](C)(O)C(=O)C2=C[C@@]1(C)CO. The summed E-state index contributed by atoms with van der Waals surface area (Å²) >= 11 is 0. The molecule has 0 saturated heterocycles. The summed E-state index contributed by atoms with van der Waals surface area (Å²) < 4.78 is 5.45. The standard InChI is InChI=1S/C17H22O5/c1-9-12-11(13(20)16(4,21)17(9)5-6-17)7-15(3,8-18)14(12)22-10(2)19/h7,14,18,21H,5-6,8H2,1-4H3/t14-,15+,16+/m1/s1. The Hall–Kier alpha value is -1.46. The van der Waals surface area contributed by atoms with Crippen LogP contribution in [-0.2, 0) is 14.3 Å². The lowest BCUT2D eigenvalue weighted by Crippen LogP contribution is -2.50. The summed E-state index contributed by atoms with van der Waals surface area (Å²) in [6, 6.07) is 0. The van der Waals surface area contributed by atoms with Crippen molar-refractivity contribution >= 4 is 11.8 Å². The second-order valence-electron chi connectivity index (χ2n) is 7.23. The first-order chi connectivity index (χ1) is 10.1.